The largest absolute Gasteiger partial charge is 0.481 e. The molecular formula is C13H24ClNO2. The number of hydrogen-bond donors (Lipinski definition) is 1. The maximum atomic E-state index is 10.8. The summed E-state index contributed by atoms with van der Waals surface area (Å²) in [5, 5.41) is 8.93. The molecule has 2 fully saturated rings. The van der Waals surface area contributed by atoms with Crippen LogP contribution >= 0.6 is 12.4 Å². The third-order valence-corrected chi connectivity index (χ3v) is 4.18. The molecule has 2 rings (SSSR count). The molecular weight excluding hydrogens is 238 g/mol. The van der Waals surface area contributed by atoms with E-state index in [4.69, 9.17) is 5.11 Å². The summed E-state index contributed by atoms with van der Waals surface area (Å²) in [5.41, 5.74) is 0. The summed E-state index contributed by atoms with van der Waals surface area (Å²) in [6.45, 7) is 3.20. The minimum atomic E-state index is -0.600. The summed E-state index contributed by atoms with van der Waals surface area (Å²) in [6, 6.07) is 0. The van der Waals surface area contributed by atoms with Crippen molar-refractivity contribution < 1.29 is 9.90 Å². The van der Waals surface area contributed by atoms with Gasteiger partial charge in [0.2, 0.25) is 0 Å². The summed E-state index contributed by atoms with van der Waals surface area (Å²) in [4.78, 5) is 13.3. The van der Waals surface area contributed by atoms with Crippen LogP contribution in [0.25, 0.3) is 0 Å². The molecule has 1 aliphatic heterocycles. The van der Waals surface area contributed by atoms with Crippen LogP contribution in [0.5, 0.6) is 0 Å². The molecule has 17 heavy (non-hydrogen) atoms. The molecule has 1 N–H and O–H groups in total. The molecule has 100 valence electrons. The van der Waals surface area contributed by atoms with Gasteiger partial charge in [-0.05, 0) is 44.7 Å². The van der Waals surface area contributed by atoms with E-state index >= 15 is 0 Å². The standard InChI is InChI=1S/C13H23NO2.ClH/c15-13(16)12-6-8-14(9-7-12)10-11-4-2-1-3-5-11;/h11-12H,1-10H2,(H,15,16);1H. The normalized spacial score (nSPS) is 24.2. The molecule has 0 aromatic heterocycles. The van der Waals surface area contributed by atoms with Crippen molar-refractivity contribution in [2.45, 2.75) is 44.9 Å². The zero-order valence-corrected chi connectivity index (χ0v) is 11.3. The molecule has 0 spiro atoms. The van der Waals surface area contributed by atoms with Crippen LogP contribution in [0.4, 0.5) is 0 Å². The van der Waals surface area contributed by atoms with Gasteiger partial charge in [-0.3, -0.25) is 4.79 Å². The predicted octanol–water partition coefficient (Wildman–Crippen LogP) is 2.79. The van der Waals surface area contributed by atoms with Gasteiger partial charge >= 0.3 is 5.97 Å². The Morgan fingerprint density at radius 3 is 2.18 bits per heavy atom. The van der Waals surface area contributed by atoms with Gasteiger partial charge in [0.05, 0.1) is 5.92 Å². The lowest BCUT2D eigenvalue weighted by Crippen LogP contribution is -2.39. The maximum absolute atomic E-state index is 10.8. The SMILES string of the molecule is Cl.O=C(O)C1CCN(CC2CCCCC2)CC1. The van der Waals surface area contributed by atoms with Crippen LogP contribution in [-0.4, -0.2) is 35.6 Å². The van der Waals surface area contributed by atoms with Gasteiger partial charge in [0, 0.05) is 6.54 Å². The minimum absolute atomic E-state index is 0. The number of carboxylic acids is 1. The molecule has 0 bridgehead atoms. The predicted molar refractivity (Wildman–Crippen MR) is 70.6 cm³/mol. The van der Waals surface area contributed by atoms with E-state index < -0.39 is 5.97 Å². The Morgan fingerprint density at radius 1 is 1.06 bits per heavy atom. The average Bonchev–Trinajstić information content (AvgIpc) is 2.31. The molecule has 0 amide bonds. The fourth-order valence-electron chi connectivity index (χ4n) is 3.10. The van der Waals surface area contributed by atoms with E-state index in [0.29, 0.717) is 0 Å². The van der Waals surface area contributed by atoms with Crippen molar-refractivity contribution in [3.8, 4) is 0 Å². The Labute approximate surface area is 110 Å². The highest BCUT2D eigenvalue weighted by Crippen LogP contribution is 2.26. The van der Waals surface area contributed by atoms with Crippen molar-refractivity contribution in [1.29, 1.82) is 0 Å². The van der Waals surface area contributed by atoms with E-state index in [9.17, 15) is 4.79 Å². The third-order valence-electron chi connectivity index (χ3n) is 4.18. The van der Waals surface area contributed by atoms with E-state index in [0.717, 1.165) is 31.8 Å². The molecule has 0 aromatic rings. The summed E-state index contributed by atoms with van der Waals surface area (Å²) < 4.78 is 0. The van der Waals surface area contributed by atoms with E-state index in [1.165, 1.54) is 38.6 Å². The molecule has 0 unspecified atom stereocenters. The van der Waals surface area contributed by atoms with Crippen molar-refractivity contribution in [3.63, 3.8) is 0 Å². The Balaban J connectivity index is 0.00000144. The lowest BCUT2D eigenvalue weighted by atomic mass is 9.88. The number of hydrogen-bond acceptors (Lipinski definition) is 2. The van der Waals surface area contributed by atoms with E-state index in [2.05, 4.69) is 4.90 Å². The third kappa shape index (κ3) is 4.47. The number of halogens is 1. The van der Waals surface area contributed by atoms with Crippen LogP contribution in [-0.2, 0) is 4.79 Å². The van der Waals surface area contributed by atoms with E-state index in [1.807, 2.05) is 0 Å². The Bertz CT molecular complexity index is 234. The molecule has 2 aliphatic rings. The minimum Gasteiger partial charge on any atom is -0.481 e. The molecule has 0 radical (unpaired) electrons. The van der Waals surface area contributed by atoms with E-state index in [-0.39, 0.29) is 18.3 Å². The number of nitrogens with zero attached hydrogens (tertiary/aromatic N) is 1. The molecule has 0 atom stereocenters. The first-order chi connectivity index (χ1) is 7.75. The first-order valence-electron chi connectivity index (χ1n) is 6.71. The second kappa shape index (κ2) is 7.22. The number of rotatable bonds is 3. The van der Waals surface area contributed by atoms with Crippen LogP contribution in [0.15, 0.2) is 0 Å². The second-order valence-electron chi connectivity index (χ2n) is 5.42. The van der Waals surface area contributed by atoms with Crippen LogP contribution < -0.4 is 0 Å². The molecule has 1 aliphatic carbocycles. The highest BCUT2D eigenvalue weighted by atomic mass is 35.5. The van der Waals surface area contributed by atoms with Crippen molar-refractivity contribution >= 4 is 18.4 Å². The van der Waals surface area contributed by atoms with Crippen molar-refractivity contribution in [2.75, 3.05) is 19.6 Å². The molecule has 3 nitrogen and oxygen atoms in total. The number of likely N-dealkylation sites (tertiary alicyclic amines) is 1. The lowest BCUT2D eigenvalue weighted by Gasteiger charge is -2.34. The molecule has 0 aromatic carbocycles. The summed E-state index contributed by atoms with van der Waals surface area (Å²) in [6.07, 6.45) is 8.69. The van der Waals surface area contributed by atoms with Gasteiger partial charge in [-0.1, -0.05) is 19.3 Å². The first-order valence-corrected chi connectivity index (χ1v) is 6.71. The summed E-state index contributed by atoms with van der Waals surface area (Å²) in [7, 11) is 0. The van der Waals surface area contributed by atoms with Gasteiger partial charge in [-0.15, -0.1) is 12.4 Å². The van der Waals surface area contributed by atoms with Crippen molar-refractivity contribution in [2.24, 2.45) is 11.8 Å². The van der Waals surface area contributed by atoms with Crippen molar-refractivity contribution in [3.05, 3.63) is 0 Å². The van der Waals surface area contributed by atoms with Gasteiger partial charge in [-0.2, -0.15) is 0 Å². The van der Waals surface area contributed by atoms with Crippen molar-refractivity contribution in [1.82, 2.24) is 4.90 Å². The van der Waals surface area contributed by atoms with E-state index in [1.54, 1.807) is 0 Å². The quantitative estimate of drug-likeness (QED) is 0.849. The maximum Gasteiger partial charge on any atom is 0.306 e. The average molecular weight is 262 g/mol. The molecule has 1 saturated carbocycles. The van der Waals surface area contributed by atoms with Gasteiger partial charge in [0.1, 0.15) is 0 Å². The number of piperidine rings is 1. The molecule has 1 saturated heterocycles. The molecule has 4 heteroatoms. The number of aliphatic carboxylic acids is 1. The van der Waals surface area contributed by atoms with Gasteiger partial charge in [-0.25, -0.2) is 0 Å². The fraction of sp³-hybridized carbons (Fsp3) is 0.923. The Hall–Kier alpha value is -0.280. The highest BCUT2D eigenvalue weighted by molar-refractivity contribution is 5.85. The summed E-state index contributed by atoms with van der Waals surface area (Å²) in [5.74, 6) is 0.204. The number of carbonyl (C=O) groups is 1. The second-order valence-corrected chi connectivity index (χ2v) is 5.42. The van der Waals surface area contributed by atoms with Crippen LogP contribution in [0.1, 0.15) is 44.9 Å². The zero-order valence-electron chi connectivity index (χ0n) is 10.4. The zero-order chi connectivity index (χ0) is 11.4. The van der Waals surface area contributed by atoms with Gasteiger partial charge < -0.3 is 10.0 Å². The fourth-order valence-corrected chi connectivity index (χ4v) is 3.10. The summed E-state index contributed by atoms with van der Waals surface area (Å²) >= 11 is 0. The number of carboxylic acid groups (broad SMARTS) is 1. The highest BCUT2D eigenvalue weighted by Gasteiger charge is 2.26. The topological polar surface area (TPSA) is 40.5 Å². The van der Waals surface area contributed by atoms with Gasteiger partial charge in [0.25, 0.3) is 0 Å². The van der Waals surface area contributed by atoms with Crippen LogP contribution in [0.2, 0.25) is 0 Å². The van der Waals surface area contributed by atoms with Crippen LogP contribution in [0.3, 0.4) is 0 Å². The Kier molecular flexibility index (Phi) is 6.28. The lowest BCUT2D eigenvalue weighted by molar-refractivity contribution is -0.143. The van der Waals surface area contributed by atoms with Gasteiger partial charge in [0.15, 0.2) is 0 Å². The van der Waals surface area contributed by atoms with Crippen LogP contribution in [0, 0.1) is 11.8 Å². The smallest absolute Gasteiger partial charge is 0.306 e. The Morgan fingerprint density at radius 2 is 1.65 bits per heavy atom. The monoisotopic (exact) mass is 261 g/mol. The molecule has 1 heterocycles. The first kappa shape index (κ1) is 14.8.